The van der Waals surface area contributed by atoms with Gasteiger partial charge in [0.1, 0.15) is 0 Å². The van der Waals surface area contributed by atoms with Gasteiger partial charge in [0.25, 0.3) is 5.69 Å². The molecule has 1 aromatic carbocycles. The average molecular weight is 380 g/mol. The van der Waals surface area contributed by atoms with Crippen LogP contribution in [0.4, 0.5) is 5.69 Å². The van der Waals surface area contributed by atoms with E-state index in [2.05, 4.69) is 24.9 Å². The number of aromatic nitrogens is 3. The summed E-state index contributed by atoms with van der Waals surface area (Å²) < 4.78 is 5.35. The number of rotatable bonds is 6. The van der Waals surface area contributed by atoms with Gasteiger partial charge in [-0.1, -0.05) is 23.4 Å². The van der Waals surface area contributed by atoms with Crippen LogP contribution in [0.5, 0.6) is 0 Å². The van der Waals surface area contributed by atoms with Crippen molar-refractivity contribution >= 4 is 5.69 Å². The maximum Gasteiger partial charge on any atom is 0.270 e. The second-order valence-corrected chi connectivity index (χ2v) is 6.69. The zero-order valence-electron chi connectivity index (χ0n) is 15.3. The summed E-state index contributed by atoms with van der Waals surface area (Å²) in [7, 11) is 0. The van der Waals surface area contributed by atoms with Crippen LogP contribution < -0.4 is 0 Å². The van der Waals surface area contributed by atoms with Gasteiger partial charge in [-0.05, 0) is 12.1 Å². The molecule has 0 N–H and O–H groups in total. The second-order valence-electron chi connectivity index (χ2n) is 6.69. The first kappa shape index (κ1) is 18.2. The van der Waals surface area contributed by atoms with Crippen LogP contribution in [0.1, 0.15) is 11.6 Å². The van der Waals surface area contributed by atoms with Crippen molar-refractivity contribution in [1.82, 2.24) is 24.9 Å². The molecule has 0 atom stereocenters. The van der Waals surface area contributed by atoms with E-state index in [1.54, 1.807) is 12.1 Å². The SMILES string of the molecule is O=[N+]([O-])c1cccc(-c2noc(CN3CCN(Cc4ccccn4)CC3)n2)c1. The zero-order chi connectivity index (χ0) is 19.3. The molecule has 1 aliphatic rings. The normalized spacial score (nSPS) is 15.6. The molecule has 1 aliphatic heterocycles. The van der Waals surface area contributed by atoms with Crippen molar-refractivity contribution in [2.45, 2.75) is 13.1 Å². The number of benzene rings is 1. The third-order valence-electron chi connectivity index (χ3n) is 4.72. The first-order chi connectivity index (χ1) is 13.7. The van der Waals surface area contributed by atoms with E-state index in [0.717, 1.165) is 38.4 Å². The first-order valence-electron chi connectivity index (χ1n) is 9.09. The number of hydrogen-bond acceptors (Lipinski definition) is 8. The molecule has 2 aromatic heterocycles. The van der Waals surface area contributed by atoms with Gasteiger partial charge in [0.15, 0.2) is 0 Å². The second kappa shape index (κ2) is 8.24. The largest absolute Gasteiger partial charge is 0.338 e. The first-order valence-corrected chi connectivity index (χ1v) is 9.09. The smallest absolute Gasteiger partial charge is 0.270 e. The van der Waals surface area contributed by atoms with Gasteiger partial charge in [0.05, 0.1) is 17.2 Å². The van der Waals surface area contributed by atoms with Crippen LogP contribution in [0.25, 0.3) is 11.4 Å². The standard InChI is InChI=1S/C19H20N6O3/c26-25(27)17-6-3-4-15(12-17)19-21-18(28-22-19)14-24-10-8-23(9-11-24)13-16-5-1-2-7-20-16/h1-7,12H,8-11,13-14H2. The quantitative estimate of drug-likeness (QED) is 0.474. The molecule has 1 saturated heterocycles. The Morgan fingerprint density at radius 1 is 1.04 bits per heavy atom. The fraction of sp³-hybridized carbons (Fsp3) is 0.316. The van der Waals surface area contributed by atoms with E-state index in [0.29, 0.717) is 23.8 Å². The molecular weight excluding hydrogens is 360 g/mol. The van der Waals surface area contributed by atoms with Crippen LogP contribution in [-0.4, -0.2) is 56.0 Å². The summed E-state index contributed by atoms with van der Waals surface area (Å²) in [4.78, 5) is 23.9. The molecule has 28 heavy (non-hydrogen) atoms. The molecule has 0 amide bonds. The van der Waals surface area contributed by atoms with E-state index < -0.39 is 4.92 Å². The molecule has 0 aliphatic carbocycles. The van der Waals surface area contributed by atoms with Gasteiger partial charge in [-0.25, -0.2) is 0 Å². The maximum absolute atomic E-state index is 10.9. The lowest BCUT2D eigenvalue weighted by Crippen LogP contribution is -2.45. The number of pyridine rings is 1. The Kier molecular flexibility index (Phi) is 5.36. The summed E-state index contributed by atoms with van der Waals surface area (Å²) in [5, 5.41) is 14.9. The summed E-state index contributed by atoms with van der Waals surface area (Å²) in [6.45, 7) is 5.12. The summed E-state index contributed by atoms with van der Waals surface area (Å²) in [6, 6.07) is 12.2. The van der Waals surface area contributed by atoms with E-state index in [4.69, 9.17) is 4.52 Å². The highest BCUT2D eigenvalue weighted by molar-refractivity contribution is 5.58. The minimum Gasteiger partial charge on any atom is -0.338 e. The van der Waals surface area contributed by atoms with Crippen LogP contribution in [0, 0.1) is 10.1 Å². The van der Waals surface area contributed by atoms with Crippen LogP contribution >= 0.6 is 0 Å². The van der Waals surface area contributed by atoms with Crippen molar-refractivity contribution in [2.24, 2.45) is 0 Å². The van der Waals surface area contributed by atoms with Gasteiger partial charge < -0.3 is 4.52 Å². The number of hydrogen-bond donors (Lipinski definition) is 0. The molecule has 144 valence electrons. The van der Waals surface area contributed by atoms with Gasteiger partial charge in [0, 0.05) is 56.6 Å². The van der Waals surface area contributed by atoms with Crippen LogP contribution in [0.15, 0.2) is 53.2 Å². The highest BCUT2D eigenvalue weighted by Crippen LogP contribution is 2.21. The lowest BCUT2D eigenvalue weighted by molar-refractivity contribution is -0.384. The number of nitro groups is 1. The molecule has 3 heterocycles. The van der Waals surface area contributed by atoms with Gasteiger partial charge >= 0.3 is 0 Å². The predicted molar refractivity (Wildman–Crippen MR) is 101 cm³/mol. The Morgan fingerprint density at radius 3 is 2.54 bits per heavy atom. The van der Waals surface area contributed by atoms with Crippen molar-refractivity contribution in [3.63, 3.8) is 0 Å². The van der Waals surface area contributed by atoms with Crippen molar-refractivity contribution in [3.8, 4) is 11.4 Å². The Hall–Kier alpha value is -3.17. The van der Waals surface area contributed by atoms with Crippen LogP contribution in [0.3, 0.4) is 0 Å². The van der Waals surface area contributed by atoms with E-state index in [-0.39, 0.29) is 5.69 Å². The minimum atomic E-state index is -0.436. The monoisotopic (exact) mass is 380 g/mol. The lowest BCUT2D eigenvalue weighted by Gasteiger charge is -2.33. The fourth-order valence-corrected chi connectivity index (χ4v) is 3.21. The highest BCUT2D eigenvalue weighted by atomic mass is 16.6. The van der Waals surface area contributed by atoms with Crippen molar-refractivity contribution in [1.29, 1.82) is 0 Å². The number of non-ortho nitro benzene ring substituents is 1. The number of nitro benzene ring substituents is 1. The fourth-order valence-electron chi connectivity index (χ4n) is 3.21. The minimum absolute atomic E-state index is 0.00729. The van der Waals surface area contributed by atoms with E-state index in [1.165, 1.54) is 12.1 Å². The molecule has 9 heteroatoms. The molecule has 9 nitrogen and oxygen atoms in total. The van der Waals surface area contributed by atoms with Gasteiger partial charge in [0.2, 0.25) is 11.7 Å². The van der Waals surface area contributed by atoms with Crippen molar-refractivity contribution in [2.75, 3.05) is 26.2 Å². The van der Waals surface area contributed by atoms with Crippen LogP contribution in [-0.2, 0) is 13.1 Å². The Balaban J connectivity index is 1.33. The Bertz CT molecular complexity index is 938. The molecule has 0 unspecified atom stereocenters. The molecule has 0 bridgehead atoms. The molecule has 0 spiro atoms. The van der Waals surface area contributed by atoms with Gasteiger partial charge in [-0.15, -0.1) is 0 Å². The summed E-state index contributed by atoms with van der Waals surface area (Å²) in [6.07, 6.45) is 1.82. The number of piperazine rings is 1. The topological polar surface area (TPSA) is 101 Å². The summed E-state index contributed by atoms with van der Waals surface area (Å²) in [5.74, 6) is 0.882. The maximum atomic E-state index is 10.9. The van der Waals surface area contributed by atoms with E-state index in [1.807, 2.05) is 24.4 Å². The van der Waals surface area contributed by atoms with Crippen molar-refractivity contribution < 1.29 is 9.45 Å². The Labute approximate surface area is 161 Å². The summed E-state index contributed by atoms with van der Waals surface area (Å²) >= 11 is 0. The predicted octanol–water partition coefficient (Wildman–Crippen LogP) is 2.36. The average Bonchev–Trinajstić information content (AvgIpc) is 3.19. The third-order valence-corrected chi connectivity index (χ3v) is 4.72. The summed E-state index contributed by atoms with van der Waals surface area (Å²) in [5.41, 5.74) is 1.66. The van der Waals surface area contributed by atoms with Crippen molar-refractivity contribution in [3.05, 3.63) is 70.4 Å². The molecular formula is C19H20N6O3. The molecule has 3 aromatic rings. The zero-order valence-corrected chi connectivity index (χ0v) is 15.3. The van der Waals surface area contributed by atoms with Gasteiger partial charge in [-0.3, -0.25) is 24.9 Å². The number of nitrogens with zero attached hydrogens (tertiary/aromatic N) is 6. The highest BCUT2D eigenvalue weighted by Gasteiger charge is 2.20. The molecule has 0 radical (unpaired) electrons. The lowest BCUT2D eigenvalue weighted by atomic mass is 10.2. The van der Waals surface area contributed by atoms with Crippen LogP contribution in [0.2, 0.25) is 0 Å². The van der Waals surface area contributed by atoms with E-state index >= 15 is 0 Å². The molecule has 1 fully saturated rings. The van der Waals surface area contributed by atoms with Gasteiger partial charge in [-0.2, -0.15) is 4.98 Å². The Morgan fingerprint density at radius 2 is 1.82 bits per heavy atom. The molecule has 4 rings (SSSR count). The molecule has 0 saturated carbocycles. The van der Waals surface area contributed by atoms with E-state index in [9.17, 15) is 10.1 Å². The third kappa shape index (κ3) is 4.38.